The third-order valence-electron chi connectivity index (χ3n) is 19.5. The zero-order chi connectivity index (χ0) is 63.6. The summed E-state index contributed by atoms with van der Waals surface area (Å²) in [6.45, 7) is 28.5. The number of rotatable bonds is 8. The first-order chi connectivity index (χ1) is 44.2. The molecule has 0 fully saturated rings. The smallest absolute Gasteiger partial charge is 0.252 e. The second-order valence-electron chi connectivity index (χ2n) is 29.7. The van der Waals surface area contributed by atoms with E-state index in [1.807, 2.05) is 0 Å². The molecule has 0 unspecified atom stereocenters. The molecule has 450 valence electrons. The van der Waals surface area contributed by atoms with Gasteiger partial charge in [0, 0.05) is 61.5 Å². The van der Waals surface area contributed by atoms with Crippen molar-refractivity contribution in [3.63, 3.8) is 0 Å². The van der Waals surface area contributed by atoms with Crippen LogP contribution < -0.4 is 26.2 Å². The highest BCUT2D eigenvalue weighted by atomic mass is 15.2. The van der Waals surface area contributed by atoms with E-state index in [4.69, 9.17) is 0 Å². The van der Waals surface area contributed by atoms with Crippen molar-refractivity contribution in [1.82, 2.24) is 4.57 Å². The van der Waals surface area contributed by atoms with Crippen LogP contribution in [0.4, 0.5) is 34.1 Å². The van der Waals surface area contributed by atoms with E-state index in [1.54, 1.807) is 0 Å². The van der Waals surface area contributed by atoms with Crippen LogP contribution in [-0.4, -0.2) is 11.3 Å². The fourth-order valence-electron chi connectivity index (χ4n) is 14.9. The molecule has 0 bridgehead atoms. The zero-order valence-electron chi connectivity index (χ0n) is 55.3. The first-order valence-corrected chi connectivity index (χ1v) is 32.9. The molecule has 15 rings (SSSR count). The van der Waals surface area contributed by atoms with Crippen molar-refractivity contribution in [3.8, 4) is 61.3 Å². The van der Waals surface area contributed by atoms with Gasteiger partial charge >= 0.3 is 0 Å². The molecule has 13 aromatic rings. The first kappa shape index (κ1) is 58.5. The number of aromatic nitrogens is 1. The molecule has 0 saturated heterocycles. The molecule has 0 atom stereocenters. The van der Waals surface area contributed by atoms with Crippen LogP contribution in [0.1, 0.15) is 105 Å². The minimum Gasteiger partial charge on any atom is -0.310 e. The number of fused-ring (bicyclic) bond motifs is 7. The summed E-state index contributed by atoms with van der Waals surface area (Å²) in [7, 11) is 0. The van der Waals surface area contributed by atoms with Gasteiger partial charge in [0.1, 0.15) is 0 Å². The van der Waals surface area contributed by atoms with Crippen molar-refractivity contribution in [3.05, 3.63) is 289 Å². The summed E-state index contributed by atoms with van der Waals surface area (Å²) in [5, 5.41) is 2.48. The number of anilines is 6. The summed E-state index contributed by atoms with van der Waals surface area (Å²) in [6, 6.07) is 101. The topological polar surface area (TPSA) is 11.4 Å². The summed E-state index contributed by atoms with van der Waals surface area (Å²) in [4.78, 5) is 5.42. The Labute approximate surface area is 545 Å². The Bertz CT molecular complexity index is 4800. The Hall–Kier alpha value is -9.90. The molecular weight excluding hydrogens is 1110 g/mol. The first-order valence-electron chi connectivity index (χ1n) is 32.9. The van der Waals surface area contributed by atoms with Crippen molar-refractivity contribution in [2.75, 3.05) is 9.80 Å². The van der Waals surface area contributed by atoms with Gasteiger partial charge in [-0.2, -0.15) is 0 Å². The van der Waals surface area contributed by atoms with E-state index >= 15 is 0 Å². The van der Waals surface area contributed by atoms with E-state index in [0.717, 1.165) is 56.1 Å². The van der Waals surface area contributed by atoms with Gasteiger partial charge in [-0.1, -0.05) is 308 Å². The van der Waals surface area contributed by atoms with Crippen LogP contribution in [0.15, 0.2) is 267 Å². The molecule has 2 aliphatic heterocycles. The molecule has 0 radical (unpaired) electrons. The molecule has 4 heteroatoms. The van der Waals surface area contributed by atoms with Gasteiger partial charge in [0.25, 0.3) is 6.71 Å². The van der Waals surface area contributed by atoms with E-state index in [9.17, 15) is 0 Å². The Morgan fingerprint density at radius 1 is 0.283 bits per heavy atom. The highest BCUT2D eigenvalue weighted by Gasteiger charge is 2.46. The number of hydrogen-bond donors (Lipinski definition) is 0. The lowest BCUT2D eigenvalue weighted by Gasteiger charge is -2.46. The molecule has 3 nitrogen and oxygen atoms in total. The van der Waals surface area contributed by atoms with Crippen LogP contribution in [-0.2, 0) is 21.7 Å². The monoisotopic (exact) mass is 1190 g/mol. The lowest BCUT2D eigenvalue weighted by molar-refractivity contribution is 0.550. The van der Waals surface area contributed by atoms with Crippen LogP contribution in [0, 0.1) is 0 Å². The predicted octanol–water partition coefficient (Wildman–Crippen LogP) is 22.4. The molecule has 92 heavy (non-hydrogen) atoms. The molecule has 0 N–H and O–H groups in total. The van der Waals surface area contributed by atoms with Crippen LogP contribution >= 0.6 is 0 Å². The van der Waals surface area contributed by atoms with E-state index in [1.165, 1.54) is 99.8 Å². The number of para-hydroxylation sites is 4. The Kier molecular flexibility index (Phi) is 13.9. The second-order valence-corrected chi connectivity index (χ2v) is 29.7. The maximum Gasteiger partial charge on any atom is 0.252 e. The fourth-order valence-corrected chi connectivity index (χ4v) is 14.9. The minimum absolute atomic E-state index is 0.0561. The fraction of sp³-hybridized carbons (Fsp3) is 0.182. The third-order valence-corrected chi connectivity index (χ3v) is 19.5. The highest BCUT2D eigenvalue weighted by molar-refractivity contribution is 7.00. The molecule has 0 spiro atoms. The predicted molar refractivity (Wildman–Crippen MR) is 397 cm³/mol. The molecular formula is C88H80BN3. The van der Waals surface area contributed by atoms with Crippen LogP contribution in [0.25, 0.3) is 83.1 Å². The van der Waals surface area contributed by atoms with Gasteiger partial charge in [-0.15, -0.1) is 0 Å². The van der Waals surface area contributed by atoms with Crippen molar-refractivity contribution in [2.45, 2.75) is 105 Å². The van der Waals surface area contributed by atoms with Gasteiger partial charge in [0.2, 0.25) is 0 Å². The van der Waals surface area contributed by atoms with Gasteiger partial charge in [0.15, 0.2) is 0 Å². The summed E-state index contributed by atoms with van der Waals surface area (Å²) in [6.07, 6.45) is 0. The molecule has 12 aromatic carbocycles. The van der Waals surface area contributed by atoms with Crippen LogP contribution in [0.2, 0.25) is 0 Å². The molecule has 0 aliphatic carbocycles. The van der Waals surface area contributed by atoms with E-state index in [-0.39, 0.29) is 28.4 Å². The third kappa shape index (κ3) is 9.80. The van der Waals surface area contributed by atoms with Gasteiger partial charge in [-0.25, -0.2) is 0 Å². The highest BCUT2D eigenvalue weighted by Crippen LogP contribution is 2.55. The van der Waals surface area contributed by atoms with E-state index < -0.39 is 0 Å². The number of nitrogens with zero attached hydrogens (tertiary/aromatic N) is 3. The summed E-state index contributed by atoms with van der Waals surface area (Å²) >= 11 is 0. The molecule has 3 heterocycles. The zero-order valence-corrected chi connectivity index (χ0v) is 55.3. The quantitative estimate of drug-likeness (QED) is 0.141. The van der Waals surface area contributed by atoms with Gasteiger partial charge in [-0.05, 0) is 136 Å². The lowest BCUT2D eigenvalue weighted by atomic mass is 9.33. The maximum absolute atomic E-state index is 2.72. The Balaban J connectivity index is 1.14. The van der Waals surface area contributed by atoms with Crippen molar-refractivity contribution >= 4 is 79.0 Å². The number of hydrogen-bond acceptors (Lipinski definition) is 2. The summed E-state index contributed by atoms with van der Waals surface area (Å²) < 4.78 is 2.50. The molecule has 0 amide bonds. The van der Waals surface area contributed by atoms with Crippen molar-refractivity contribution in [2.24, 2.45) is 0 Å². The Morgan fingerprint density at radius 3 is 1.03 bits per heavy atom. The lowest BCUT2D eigenvalue weighted by Crippen LogP contribution is -2.61. The van der Waals surface area contributed by atoms with Gasteiger partial charge in [-0.3, -0.25) is 0 Å². The summed E-state index contributed by atoms with van der Waals surface area (Å²) in [5.74, 6) is 0. The van der Waals surface area contributed by atoms with Crippen LogP contribution in [0.5, 0.6) is 0 Å². The summed E-state index contributed by atoms with van der Waals surface area (Å²) in [5.41, 5.74) is 30.8. The molecule has 1 aromatic heterocycles. The number of benzene rings is 12. The molecule has 0 saturated carbocycles. The van der Waals surface area contributed by atoms with Crippen molar-refractivity contribution in [1.29, 1.82) is 0 Å². The van der Waals surface area contributed by atoms with Gasteiger partial charge in [0.05, 0.1) is 22.4 Å². The average Bonchev–Trinajstić information content (AvgIpc) is 0.740. The SMILES string of the molecule is CC(C)(C)c1cc2c3c(c1)N(c1c(-c4ccccc4)cccc1-c1ccccc1)c1cc(-n4c5ccccc5c5ccccc54)ccc1B3c1ccc(-c3c(C(C)(C)C)cc(C(C)(C)C)cc3C(C)(C)C)cc1N2c1c(-c2ccccc2)cccc1-c1ccccc1. The van der Waals surface area contributed by atoms with E-state index in [2.05, 4.69) is 364 Å². The second kappa shape index (κ2) is 21.9. The maximum atomic E-state index is 2.72. The standard InChI is InChI=1S/C88H80BN3/c1-85(2,3)62-52-71(87(7,8)9)81(72(53-62)88(10,11)12)61-47-49-73-77(51-61)91(83-65(57-31-17-13-18-32-57)41-29-42-66(83)58-33-19-14-20-34-58)79-54-63(86(4,5)6)55-80-82(79)89(73)74-50-48-64(90-75-45-27-25-39-69(75)70-40-26-28-46-76(70)90)56-78(74)92(80)84-67(59-35-21-15-22-36-59)43-30-44-68(84)60-37-23-16-24-38-60/h13-56H,1-12H3. The Morgan fingerprint density at radius 2 is 0.641 bits per heavy atom. The van der Waals surface area contributed by atoms with Crippen molar-refractivity contribution < 1.29 is 0 Å². The average molecular weight is 1190 g/mol. The largest absolute Gasteiger partial charge is 0.310 e. The normalized spacial score (nSPS) is 13.2. The van der Waals surface area contributed by atoms with E-state index in [0.29, 0.717) is 0 Å². The minimum atomic E-state index is -0.286. The van der Waals surface area contributed by atoms with Crippen LogP contribution in [0.3, 0.4) is 0 Å². The van der Waals surface area contributed by atoms with Gasteiger partial charge < -0.3 is 14.4 Å². The molecule has 2 aliphatic rings.